The highest BCUT2D eigenvalue weighted by Gasteiger charge is 2.26. The molecule has 0 unspecified atom stereocenters. The number of thiazole rings is 1. The van der Waals surface area contributed by atoms with Crippen LogP contribution in [0.3, 0.4) is 0 Å². The van der Waals surface area contributed by atoms with E-state index >= 15 is 4.39 Å². The van der Waals surface area contributed by atoms with Crippen molar-refractivity contribution in [3.8, 4) is 5.75 Å². The van der Waals surface area contributed by atoms with Gasteiger partial charge in [0, 0.05) is 31.2 Å². The number of nitrogens with zero attached hydrogens (tertiary/aromatic N) is 3. The Kier molecular flexibility index (Phi) is 6.74. The van der Waals surface area contributed by atoms with E-state index in [-0.39, 0.29) is 30.1 Å². The second-order valence-corrected chi connectivity index (χ2v) is 9.42. The number of ketones is 2. The fourth-order valence-electron chi connectivity index (χ4n) is 3.70. The van der Waals surface area contributed by atoms with E-state index in [1.807, 2.05) is 18.0 Å². The molecule has 168 valence electrons. The fourth-order valence-corrected chi connectivity index (χ4v) is 4.73. The molecule has 6 nitrogen and oxygen atoms in total. The second kappa shape index (κ2) is 9.52. The zero-order chi connectivity index (χ0) is 22.8. The normalized spacial score (nSPS) is 14.7. The zero-order valence-corrected chi connectivity index (χ0v) is 19.4. The van der Waals surface area contributed by atoms with Gasteiger partial charge in [0.15, 0.2) is 17.3 Å². The van der Waals surface area contributed by atoms with Crippen molar-refractivity contribution in [1.82, 2.24) is 9.88 Å². The van der Waals surface area contributed by atoms with Crippen molar-refractivity contribution in [2.45, 2.75) is 20.0 Å². The minimum absolute atomic E-state index is 0.0351. The van der Waals surface area contributed by atoms with Crippen LogP contribution in [0.15, 0.2) is 30.3 Å². The summed E-state index contributed by atoms with van der Waals surface area (Å²) < 4.78 is 22.2. The molecule has 32 heavy (non-hydrogen) atoms. The lowest BCUT2D eigenvalue weighted by Crippen LogP contribution is -2.45. The molecule has 1 aromatic heterocycles. The predicted molar refractivity (Wildman–Crippen MR) is 125 cm³/mol. The number of piperazine rings is 1. The summed E-state index contributed by atoms with van der Waals surface area (Å²) in [5.41, 5.74) is 1.17. The van der Waals surface area contributed by atoms with Crippen LogP contribution in [-0.2, 0) is 11.4 Å². The predicted octanol–water partition coefficient (Wildman–Crippen LogP) is 4.58. The van der Waals surface area contributed by atoms with Crippen LogP contribution >= 0.6 is 22.9 Å². The maximum atomic E-state index is 15.5. The first-order valence-electron chi connectivity index (χ1n) is 10.3. The third kappa shape index (κ3) is 4.92. The van der Waals surface area contributed by atoms with E-state index in [4.69, 9.17) is 16.3 Å². The van der Waals surface area contributed by atoms with Gasteiger partial charge in [0.2, 0.25) is 0 Å². The van der Waals surface area contributed by atoms with Gasteiger partial charge >= 0.3 is 0 Å². The van der Waals surface area contributed by atoms with Crippen LogP contribution in [0, 0.1) is 5.82 Å². The number of likely N-dealkylation sites (N-methyl/N-ethyl adjacent to an activating group) is 1. The molecule has 1 saturated heterocycles. The number of rotatable bonds is 7. The van der Waals surface area contributed by atoms with Crippen molar-refractivity contribution in [1.29, 1.82) is 0 Å². The van der Waals surface area contributed by atoms with Gasteiger partial charge in [0.05, 0.1) is 27.9 Å². The number of aromatic nitrogens is 1. The van der Waals surface area contributed by atoms with Gasteiger partial charge in [-0.1, -0.05) is 11.6 Å². The Labute approximate surface area is 194 Å². The summed E-state index contributed by atoms with van der Waals surface area (Å²) in [5, 5.41) is 1.26. The molecule has 3 aromatic rings. The van der Waals surface area contributed by atoms with Gasteiger partial charge in [-0.25, -0.2) is 9.37 Å². The van der Waals surface area contributed by atoms with Crippen LogP contribution in [0.4, 0.5) is 10.1 Å². The lowest BCUT2D eigenvalue weighted by molar-refractivity contribution is -0.116. The van der Waals surface area contributed by atoms with Crippen LogP contribution in [0.1, 0.15) is 28.7 Å². The molecular weight excluding hydrogens is 453 g/mol. The Hall–Kier alpha value is -2.55. The first-order valence-corrected chi connectivity index (χ1v) is 11.5. The number of carbonyl (C=O) groups excluding carboxylic acids is 2. The highest BCUT2D eigenvalue weighted by Crippen LogP contribution is 2.33. The summed E-state index contributed by atoms with van der Waals surface area (Å²) in [6, 6.07) is 8.67. The Morgan fingerprint density at radius 3 is 2.66 bits per heavy atom. The van der Waals surface area contributed by atoms with E-state index in [1.165, 1.54) is 24.3 Å². The average Bonchev–Trinajstić information content (AvgIpc) is 3.14. The zero-order valence-electron chi connectivity index (χ0n) is 17.9. The summed E-state index contributed by atoms with van der Waals surface area (Å²) in [4.78, 5) is 33.0. The molecule has 0 aliphatic carbocycles. The van der Waals surface area contributed by atoms with Crippen LogP contribution in [-0.4, -0.2) is 54.7 Å². The maximum absolute atomic E-state index is 15.5. The molecule has 1 fully saturated rings. The van der Waals surface area contributed by atoms with Gasteiger partial charge in [-0.15, -0.1) is 11.3 Å². The van der Waals surface area contributed by atoms with Crippen LogP contribution < -0.4 is 9.64 Å². The quantitative estimate of drug-likeness (QED) is 0.368. The third-order valence-corrected chi connectivity index (χ3v) is 6.61. The summed E-state index contributed by atoms with van der Waals surface area (Å²) >= 11 is 7.45. The summed E-state index contributed by atoms with van der Waals surface area (Å²) in [6.07, 6.45) is -0.347. The minimum atomic E-state index is -0.739. The highest BCUT2D eigenvalue weighted by molar-refractivity contribution is 7.18. The van der Waals surface area contributed by atoms with Gasteiger partial charge in [-0.2, -0.15) is 0 Å². The van der Waals surface area contributed by atoms with Crippen molar-refractivity contribution in [2.75, 3.05) is 38.1 Å². The number of ether oxygens (including phenoxy) is 1. The summed E-state index contributed by atoms with van der Waals surface area (Å²) in [6.45, 7) is 4.34. The molecule has 2 heterocycles. The SMILES string of the molecule is CC(=O)CC(=O)c1c(N2CCN(C)CC2)ccc(OCc2nc3cc(Cl)ccc3s2)c1F. The monoisotopic (exact) mass is 475 g/mol. The molecule has 0 N–H and O–H groups in total. The Morgan fingerprint density at radius 1 is 1.19 bits per heavy atom. The number of hydrogen-bond acceptors (Lipinski definition) is 7. The standard InChI is InChI=1S/C23H23ClFN3O3S/c1-14(29)11-18(30)22-17(28-9-7-27(2)8-10-28)4-5-19(23(22)25)31-13-21-26-16-12-15(24)3-6-20(16)32-21/h3-6,12H,7-11,13H2,1-2H3. The second-order valence-electron chi connectivity index (χ2n) is 7.87. The topological polar surface area (TPSA) is 62.7 Å². The number of hydrogen-bond donors (Lipinski definition) is 0. The van der Waals surface area contributed by atoms with Crippen molar-refractivity contribution in [2.24, 2.45) is 0 Å². The molecule has 0 saturated carbocycles. The van der Waals surface area contributed by atoms with Crippen molar-refractivity contribution in [3.63, 3.8) is 0 Å². The van der Waals surface area contributed by atoms with Crippen molar-refractivity contribution < 1.29 is 18.7 Å². The van der Waals surface area contributed by atoms with E-state index in [0.29, 0.717) is 28.8 Å². The first kappa shape index (κ1) is 22.6. The van der Waals surface area contributed by atoms with E-state index in [1.54, 1.807) is 18.2 Å². The van der Waals surface area contributed by atoms with E-state index in [9.17, 15) is 9.59 Å². The Balaban J connectivity index is 1.61. The molecule has 1 aliphatic rings. The lowest BCUT2D eigenvalue weighted by Gasteiger charge is -2.35. The average molecular weight is 476 g/mol. The maximum Gasteiger partial charge on any atom is 0.177 e. The number of carbonyl (C=O) groups is 2. The molecule has 1 aliphatic heterocycles. The van der Waals surface area contributed by atoms with Crippen LogP contribution in [0.2, 0.25) is 5.02 Å². The van der Waals surface area contributed by atoms with Crippen LogP contribution in [0.5, 0.6) is 5.75 Å². The van der Waals surface area contributed by atoms with Gasteiger partial charge in [0.25, 0.3) is 0 Å². The number of fused-ring (bicyclic) bond motifs is 1. The Morgan fingerprint density at radius 2 is 1.94 bits per heavy atom. The Bertz CT molecular complexity index is 1170. The first-order chi connectivity index (χ1) is 15.3. The lowest BCUT2D eigenvalue weighted by atomic mass is 10.0. The van der Waals surface area contributed by atoms with Crippen molar-refractivity contribution in [3.05, 3.63) is 51.7 Å². The van der Waals surface area contributed by atoms with E-state index in [0.717, 1.165) is 23.3 Å². The largest absolute Gasteiger partial charge is 0.483 e. The van der Waals surface area contributed by atoms with Crippen molar-refractivity contribution >= 4 is 50.4 Å². The molecule has 0 spiro atoms. The number of halogens is 2. The van der Waals surface area contributed by atoms with Gasteiger partial charge in [-0.05, 0) is 44.3 Å². The highest BCUT2D eigenvalue weighted by atomic mass is 35.5. The van der Waals surface area contributed by atoms with Gasteiger partial charge in [-0.3, -0.25) is 9.59 Å². The molecule has 2 aromatic carbocycles. The van der Waals surface area contributed by atoms with Crippen LogP contribution in [0.25, 0.3) is 10.2 Å². The molecule has 0 amide bonds. The minimum Gasteiger partial charge on any atom is -0.483 e. The summed E-state index contributed by atoms with van der Waals surface area (Å²) in [7, 11) is 2.02. The third-order valence-electron chi connectivity index (χ3n) is 5.36. The summed E-state index contributed by atoms with van der Waals surface area (Å²) in [5.74, 6) is -1.62. The van der Waals surface area contributed by atoms with Gasteiger partial charge in [0.1, 0.15) is 17.4 Å². The van der Waals surface area contributed by atoms with Gasteiger partial charge < -0.3 is 14.5 Å². The van der Waals surface area contributed by atoms with E-state index < -0.39 is 11.6 Å². The molecular formula is C23H23ClFN3O3S. The number of benzene rings is 2. The molecule has 0 radical (unpaired) electrons. The molecule has 9 heteroatoms. The molecule has 4 rings (SSSR count). The molecule has 0 bridgehead atoms. The van der Waals surface area contributed by atoms with E-state index in [2.05, 4.69) is 9.88 Å². The fraction of sp³-hybridized carbons (Fsp3) is 0.348. The molecule has 0 atom stereocenters. The number of Topliss-reactive ketones (excluding diaryl/α,β-unsaturated/α-hetero) is 2. The smallest absolute Gasteiger partial charge is 0.177 e. The number of anilines is 1.